The summed E-state index contributed by atoms with van der Waals surface area (Å²) >= 11 is 0. The number of fused-ring (bicyclic) bond motifs is 1. The lowest BCUT2D eigenvalue weighted by Crippen LogP contribution is -2.30. The lowest BCUT2D eigenvalue weighted by atomic mass is 10.1. The van der Waals surface area contributed by atoms with E-state index < -0.39 is 18.2 Å². The number of ether oxygens (including phenoxy) is 1. The first kappa shape index (κ1) is 20.9. The number of aromatic nitrogens is 3. The van der Waals surface area contributed by atoms with Crippen LogP contribution in [0, 0.1) is 0 Å². The van der Waals surface area contributed by atoms with Crippen LogP contribution in [-0.2, 0) is 24.3 Å². The van der Waals surface area contributed by atoms with Crippen molar-refractivity contribution in [1.82, 2.24) is 25.8 Å². The van der Waals surface area contributed by atoms with E-state index in [9.17, 15) is 9.59 Å². The summed E-state index contributed by atoms with van der Waals surface area (Å²) in [5.41, 5.74) is 2.76. The number of carboxylic acid groups (broad SMARTS) is 1. The van der Waals surface area contributed by atoms with Gasteiger partial charge in [0.2, 0.25) is 11.8 Å². The summed E-state index contributed by atoms with van der Waals surface area (Å²) in [6.07, 6.45) is 0.376. The largest absolute Gasteiger partial charge is 0.465 e. The minimum Gasteiger partial charge on any atom is -0.465 e. The van der Waals surface area contributed by atoms with Crippen molar-refractivity contribution in [3.63, 3.8) is 0 Å². The highest BCUT2D eigenvalue weighted by Gasteiger charge is 2.24. The number of alkyl carbamates (subject to hydrolysis) is 1. The van der Waals surface area contributed by atoms with Crippen LogP contribution in [-0.4, -0.2) is 32.5 Å². The van der Waals surface area contributed by atoms with Crippen LogP contribution in [0.4, 0.5) is 9.59 Å². The van der Waals surface area contributed by atoms with Crippen LogP contribution in [0.2, 0.25) is 0 Å². The van der Waals surface area contributed by atoms with Crippen LogP contribution in [0.3, 0.4) is 0 Å². The smallest absolute Gasteiger partial charge is 0.408 e. The Kier molecular flexibility index (Phi) is 6.30. The average molecular weight is 435 g/mol. The van der Waals surface area contributed by atoms with E-state index in [0.717, 1.165) is 22.0 Å². The molecule has 0 spiro atoms. The van der Waals surface area contributed by atoms with Gasteiger partial charge in [-0.3, -0.25) is 0 Å². The third kappa shape index (κ3) is 5.22. The second-order valence-corrected chi connectivity index (χ2v) is 7.02. The zero-order chi connectivity index (χ0) is 22.3. The molecule has 164 valence electrons. The van der Waals surface area contributed by atoms with E-state index in [0.29, 0.717) is 6.42 Å². The molecule has 0 radical (unpaired) electrons. The van der Waals surface area contributed by atoms with E-state index >= 15 is 0 Å². The van der Waals surface area contributed by atoms with Gasteiger partial charge in [0.15, 0.2) is 0 Å². The molecule has 2 aromatic carbocycles. The first-order valence-electron chi connectivity index (χ1n) is 9.90. The van der Waals surface area contributed by atoms with Gasteiger partial charge in [-0.05, 0) is 17.2 Å². The van der Waals surface area contributed by atoms with Crippen molar-refractivity contribution in [2.75, 3.05) is 0 Å². The number of carbonyl (C=O) groups excluding carboxylic acids is 1. The second kappa shape index (κ2) is 9.65. The van der Waals surface area contributed by atoms with Gasteiger partial charge in [-0.25, -0.2) is 9.59 Å². The molecule has 32 heavy (non-hydrogen) atoms. The summed E-state index contributed by atoms with van der Waals surface area (Å²) in [5.74, 6) is 0.236. The molecule has 2 amide bonds. The molecular formula is C22H21N5O5. The van der Waals surface area contributed by atoms with Crippen molar-refractivity contribution < 1.29 is 23.8 Å². The minimum absolute atomic E-state index is 0.0887. The zero-order valence-corrected chi connectivity index (χ0v) is 16.9. The molecule has 10 heteroatoms. The van der Waals surface area contributed by atoms with Crippen molar-refractivity contribution in [2.45, 2.75) is 25.6 Å². The molecule has 4 rings (SSSR count). The summed E-state index contributed by atoms with van der Waals surface area (Å²) in [6.45, 7) is -0.0231. The molecule has 1 unspecified atom stereocenters. The molecule has 2 aromatic heterocycles. The Balaban J connectivity index is 1.50. The summed E-state index contributed by atoms with van der Waals surface area (Å²) in [5, 5.41) is 22.6. The van der Waals surface area contributed by atoms with Crippen molar-refractivity contribution in [1.29, 1.82) is 0 Å². The van der Waals surface area contributed by atoms with E-state index in [1.807, 2.05) is 60.8 Å². The second-order valence-electron chi connectivity index (χ2n) is 7.02. The maximum atomic E-state index is 12.5. The third-order valence-electron chi connectivity index (χ3n) is 4.78. The number of nitrogens with zero attached hydrogens (tertiary/aromatic N) is 2. The van der Waals surface area contributed by atoms with E-state index in [4.69, 9.17) is 14.3 Å². The molecule has 0 saturated heterocycles. The number of para-hydroxylation sites is 1. The van der Waals surface area contributed by atoms with Gasteiger partial charge in [-0.1, -0.05) is 48.5 Å². The van der Waals surface area contributed by atoms with Crippen LogP contribution in [0.5, 0.6) is 0 Å². The SMILES string of the molecule is O=C(O)NCc1nnc(C(Cc2c[nH]c3ccccc23)NC(=O)OCc2ccccc2)o1. The number of amides is 2. The van der Waals surface area contributed by atoms with Gasteiger partial charge in [0, 0.05) is 23.5 Å². The van der Waals surface area contributed by atoms with E-state index in [2.05, 4.69) is 25.8 Å². The van der Waals surface area contributed by atoms with Gasteiger partial charge in [0.1, 0.15) is 12.6 Å². The number of nitrogens with one attached hydrogen (secondary N) is 3. The fourth-order valence-electron chi connectivity index (χ4n) is 3.26. The molecule has 0 aliphatic carbocycles. The molecule has 10 nitrogen and oxygen atoms in total. The minimum atomic E-state index is -1.21. The topological polar surface area (TPSA) is 142 Å². The number of H-pyrrole nitrogens is 1. The van der Waals surface area contributed by atoms with Crippen LogP contribution >= 0.6 is 0 Å². The van der Waals surface area contributed by atoms with Crippen LogP contribution in [0.25, 0.3) is 10.9 Å². The number of carbonyl (C=O) groups is 2. The highest BCUT2D eigenvalue weighted by atomic mass is 16.5. The molecule has 2 heterocycles. The van der Waals surface area contributed by atoms with Crippen molar-refractivity contribution in [3.8, 4) is 0 Å². The van der Waals surface area contributed by atoms with Crippen LogP contribution < -0.4 is 10.6 Å². The van der Waals surface area contributed by atoms with Gasteiger partial charge < -0.3 is 29.9 Å². The molecular weight excluding hydrogens is 414 g/mol. The number of hydrogen-bond acceptors (Lipinski definition) is 6. The zero-order valence-electron chi connectivity index (χ0n) is 16.9. The Morgan fingerprint density at radius 1 is 1.09 bits per heavy atom. The summed E-state index contributed by atoms with van der Waals surface area (Å²) in [4.78, 5) is 26.4. The standard InChI is InChI=1S/C22H21N5O5/c28-21(29)24-12-19-26-27-20(32-19)18(10-15-11-23-17-9-5-4-8-16(15)17)25-22(30)31-13-14-6-2-1-3-7-14/h1-9,11,18,23-24H,10,12-13H2,(H,25,30)(H,28,29). The predicted octanol–water partition coefficient (Wildman–Crippen LogP) is 3.53. The Morgan fingerprint density at radius 2 is 1.88 bits per heavy atom. The molecule has 0 aliphatic heterocycles. The predicted molar refractivity (Wildman–Crippen MR) is 114 cm³/mol. The monoisotopic (exact) mass is 435 g/mol. The Labute approximate surface area is 182 Å². The number of hydrogen-bond donors (Lipinski definition) is 4. The summed E-state index contributed by atoms with van der Waals surface area (Å²) < 4.78 is 10.9. The summed E-state index contributed by atoms with van der Waals surface area (Å²) in [6, 6.07) is 16.4. The molecule has 4 aromatic rings. The number of rotatable bonds is 8. The normalized spacial score (nSPS) is 11.8. The fourth-order valence-corrected chi connectivity index (χ4v) is 3.26. The van der Waals surface area contributed by atoms with Gasteiger partial charge in [-0.15, -0.1) is 10.2 Å². The highest BCUT2D eigenvalue weighted by Crippen LogP contribution is 2.24. The van der Waals surface area contributed by atoms with Crippen molar-refractivity contribution in [3.05, 3.63) is 83.7 Å². The number of benzene rings is 2. The van der Waals surface area contributed by atoms with Gasteiger partial charge >= 0.3 is 12.2 Å². The van der Waals surface area contributed by atoms with E-state index in [1.54, 1.807) is 0 Å². The fraction of sp³-hybridized carbons (Fsp3) is 0.182. The van der Waals surface area contributed by atoms with Gasteiger partial charge in [0.25, 0.3) is 0 Å². The molecule has 0 fully saturated rings. The van der Waals surface area contributed by atoms with Gasteiger partial charge in [0.05, 0.1) is 6.54 Å². The Bertz CT molecular complexity index is 1200. The van der Waals surface area contributed by atoms with Crippen LogP contribution in [0.15, 0.2) is 65.2 Å². The van der Waals surface area contributed by atoms with Gasteiger partial charge in [-0.2, -0.15) is 0 Å². The maximum absolute atomic E-state index is 12.5. The molecule has 0 saturated carbocycles. The Morgan fingerprint density at radius 3 is 2.69 bits per heavy atom. The molecule has 0 bridgehead atoms. The Hall–Kier alpha value is -4.34. The van der Waals surface area contributed by atoms with Crippen LogP contribution in [0.1, 0.15) is 29.0 Å². The molecule has 1 atom stereocenters. The van der Waals surface area contributed by atoms with Crippen molar-refractivity contribution >= 4 is 23.1 Å². The third-order valence-corrected chi connectivity index (χ3v) is 4.78. The summed E-state index contributed by atoms with van der Waals surface area (Å²) in [7, 11) is 0. The van der Waals surface area contributed by atoms with E-state index in [1.165, 1.54) is 0 Å². The first-order chi connectivity index (χ1) is 15.6. The van der Waals surface area contributed by atoms with Crippen molar-refractivity contribution in [2.24, 2.45) is 0 Å². The molecule has 4 N–H and O–H groups in total. The lowest BCUT2D eigenvalue weighted by molar-refractivity contribution is 0.133. The first-order valence-corrected chi connectivity index (χ1v) is 9.90. The quantitative estimate of drug-likeness (QED) is 0.332. The molecule has 0 aliphatic rings. The van der Waals surface area contributed by atoms with E-state index in [-0.39, 0.29) is 24.9 Å². The average Bonchev–Trinajstić information content (AvgIpc) is 3.44. The number of aromatic amines is 1. The lowest BCUT2D eigenvalue weighted by Gasteiger charge is -2.15. The highest BCUT2D eigenvalue weighted by molar-refractivity contribution is 5.83. The maximum Gasteiger partial charge on any atom is 0.408 e.